The molecule has 5 nitrogen and oxygen atoms in total. The van der Waals surface area contributed by atoms with Gasteiger partial charge in [-0.05, 0) is 17.4 Å². The number of rotatable bonds is 3. The molecular weight excluding hydrogens is 318 g/mol. The molecule has 134 valence electrons. The summed E-state index contributed by atoms with van der Waals surface area (Å²) in [6, 6.07) is 10.3. The number of benzene rings is 1. The molecule has 3 saturated heterocycles. The summed E-state index contributed by atoms with van der Waals surface area (Å²) in [6.07, 6.45) is 1.58. The quantitative estimate of drug-likeness (QED) is 0.916. The van der Waals surface area contributed by atoms with Gasteiger partial charge in [-0.25, -0.2) is 0 Å². The summed E-state index contributed by atoms with van der Waals surface area (Å²) in [7, 11) is 0. The summed E-state index contributed by atoms with van der Waals surface area (Å²) in [6.45, 7) is 6.06. The average Bonchev–Trinajstić information content (AvgIpc) is 3.13. The molecule has 1 amide bonds. The predicted octanol–water partition coefficient (Wildman–Crippen LogP) is 2.66. The van der Waals surface area contributed by atoms with Crippen molar-refractivity contribution in [2.24, 2.45) is 10.8 Å². The number of hydrogen-bond donors (Lipinski definition) is 1. The van der Waals surface area contributed by atoms with Crippen LogP contribution in [0.15, 0.2) is 30.3 Å². The van der Waals surface area contributed by atoms with Gasteiger partial charge in [0.25, 0.3) is 5.91 Å². The maximum absolute atomic E-state index is 13.1. The number of amides is 1. The van der Waals surface area contributed by atoms with Crippen LogP contribution in [-0.2, 0) is 14.3 Å². The summed E-state index contributed by atoms with van der Waals surface area (Å²) in [5, 5.41) is 9.37. The number of aliphatic carboxylic acids is 1. The number of fused-ring (bicyclic) bond motifs is 1. The zero-order valence-electron chi connectivity index (χ0n) is 14.8. The lowest BCUT2D eigenvalue weighted by atomic mass is 9.61. The minimum absolute atomic E-state index is 0.0155. The van der Waals surface area contributed by atoms with Crippen molar-refractivity contribution in [2.45, 2.75) is 44.6 Å². The van der Waals surface area contributed by atoms with Gasteiger partial charge in [-0.3, -0.25) is 9.59 Å². The molecule has 1 aliphatic carbocycles. The van der Waals surface area contributed by atoms with E-state index in [4.69, 9.17) is 4.74 Å². The molecule has 4 fully saturated rings. The Kier molecular flexibility index (Phi) is 3.52. The molecule has 1 aromatic rings. The zero-order valence-corrected chi connectivity index (χ0v) is 14.8. The fraction of sp³-hybridized carbons (Fsp3) is 0.600. The highest BCUT2D eigenvalue weighted by atomic mass is 16.5. The van der Waals surface area contributed by atoms with Crippen molar-refractivity contribution < 1.29 is 19.4 Å². The Balaban J connectivity index is 1.53. The Hall–Kier alpha value is -1.88. The number of carbonyl (C=O) groups is 2. The predicted molar refractivity (Wildman–Crippen MR) is 92.1 cm³/mol. The number of carboxylic acid groups (broad SMARTS) is 1. The Morgan fingerprint density at radius 3 is 2.48 bits per heavy atom. The third kappa shape index (κ3) is 2.40. The number of carbonyl (C=O) groups excluding carboxylic acids is 1. The van der Waals surface area contributed by atoms with E-state index >= 15 is 0 Å². The minimum atomic E-state index is -0.888. The van der Waals surface area contributed by atoms with Crippen molar-refractivity contribution in [3.05, 3.63) is 35.9 Å². The van der Waals surface area contributed by atoms with Crippen LogP contribution >= 0.6 is 0 Å². The third-order valence-corrected chi connectivity index (χ3v) is 6.58. The van der Waals surface area contributed by atoms with Crippen LogP contribution in [0, 0.1) is 10.8 Å². The molecule has 1 N–H and O–H groups in total. The first kappa shape index (κ1) is 16.6. The Bertz CT molecular complexity index is 706. The van der Waals surface area contributed by atoms with Gasteiger partial charge in [-0.2, -0.15) is 0 Å². The molecule has 5 rings (SSSR count). The SMILES string of the molecule is CC1(C)CCN(C(=O)C23CC(C(=O)O)(CO2)C3)CC1c1ccccc1. The van der Waals surface area contributed by atoms with Gasteiger partial charge < -0.3 is 14.7 Å². The molecule has 3 aliphatic heterocycles. The van der Waals surface area contributed by atoms with E-state index in [1.54, 1.807) is 0 Å². The van der Waals surface area contributed by atoms with Crippen LogP contribution in [0.5, 0.6) is 0 Å². The van der Waals surface area contributed by atoms with Gasteiger partial charge in [-0.15, -0.1) is 0 Å². The van der Waals surface area contributed by atoms with Crippen molar-refractivity contribution in [3.63, 3.8) is 0 Å². The number of likely N-dealkylation sites (tertiary alicyclic amines) is 1. The highest BCUT2D eigenvalue weighted by Crippen LogP contribution is 2.59. The van der Waals surface area contributed by atoms with Crippen LogP contribution < -0.4 is 0 Å². The van der Waals surface area contributed by atoms with Gasteiger partial charge in [0.1, 0.15) is 5.60 Å². The van der Waals surface area contributed by atoms with Crippen molar-refractivity contribution in [1.82, 2.24) is 4.90 Å². The second-order valence-corrected chi connectivity index (χ2v) is 8.68. The van der Waals surface area contributed by atoms with Crippen molar-refractivity contribution >= 4 is 11.9 Å². The molecular formula is C20H25NO4. The molecule has 0 radical (unpaired) electrons. The molecule has 5 heteroatoms. The second kappa shape index (κ2) is 5.31. The van der Waals surface area contributed by atoms with E-state index in [0.29, 0.717) is 25.9 Å². The molecule has 0 spiro atoms. The Morgan fingerprint density at radius 2 is 1.88 bits per heavy atom. The molecule has 1 saturated carbocycles. The first-order valence-corrected chi connectivity index (χ1v) is 9.00. The number of piperidine rings is 1. The first-order chi connectivity index (χ1) is 11.8. The lowest BCUT2D eigenvalue weighted by Gasteiger charge is -2.48. The van der Waals surface area contributed by atoms with Crippen LogP contribution in [0.25, 0.3) is 0 Å². The highest BCUT2D eigenvalue weighted by Gasteiger charge is 2.70. The molecule has 3 heterocycles. The van der Waals surface area contributed by atoms with Crippen LogP contribution in [-0.4, -0.2) is 47.2 Å². The van der Waals surface area contributed by atoms with Crippen molar-refractivity contribution in [2.75, 3.05) is 19.7 Å². The monoisotopic (exact) mass is 343 g/mol. The number of hydrogen-bond acceptors (Lipinski definition) is 3. The minimum Gasteiger partial charge on any atom is -0.481 e. The van der Waals surface area contributed by atoms with E-state index in [1.807, 2.05) is 23.1 Å². The summed E-state index contributed by atoms with van der Waals surface area (Å²) < 4.78 is 5.72. The average molecular weight is 343 g/mol. The van der Waals surface area contributed by atoms with Gasteiger partial charge in [0.05, 0.1) is 12.0 Å². The van der Waals surface area contributed by atoms with E-state index in [0.717, 1.165) is 6.42 Å². The summed E-state index contributed by atoms with van der Waals surface area (Å²) >= 11 is 0. The number of ether oxygens (including phenoxy) is 1. The summed E-state index contributed by atoms with van der Waals surface area (Å²) in [4.78, 5) is 26.4. The summed E-state index contributed by atoms with van der Waals surface area (Å²) in [5.41, 5.74) is -0.343. The van der Waals surface area contributed by atoms with E-state index in [1.165, 1.54) is 5.56 Å². The van der Waals surface area contributed by atoms with Crippen molar-refractivity contribution in [1.29, 1.82) is 0 Å². The molecule has 4 aliphatic rings. The Morgan fingerprint density at radius 1 is 1.20 bits per heavy atom. The third-order valence-electron chi connectivity index (χ3n) is 6.58. The molecule has 1 atom stereocenters. The van der Waals surface area contributed by atoms with Crippen LogP contribution in [0.4, 0.5) is 0 Å². The largest absolute Gasteiger partial charge is 0.481 e. The van der Waals surface area contributed by atoms with E-state index < -0.39 is 17.0 Å². The van der Waals surface area contributed by atoms with Gasteiger partial charge in [-0.1, -0.05) is 44.2 Å². The van der Waals surface area contributed by atoms with Gasteiger partial charge in [0.15, 0.2) is 0 Å². The van der Waals surface area contributed by atoms with Crippen LogP contribution in [0.2, 0.25) is 0 Å². The second-order valence-electron chi connectivity index (χ2n) is 8.68. The first-order valence-electron chi connectivity index (χ1n) is 9.00. The van der Waals surface area contributed by atoms with Gasteiger partial charge in [0, 0.05) is 31.8 Å². The van der Waals surface area contributed by atoms with Crippen LogP contribution in [0.3, 0.4) is 0 Å². The fourth-order valence-corrected chi connectivity index (χ4v) is 4.82. The highest BCUT2D eigenvalue weighted by molar-refractivity contribution is 5.92. The molecule has 2 bridgehead atoms. The smallest absolute Gasteiger partial charge is 0.312 e. The van der Waals surface area contributed by atoms with Gasteiger partial charge in [0.2, 0.25) is 0 Å². The maximum Gasteiger partial charge on any atom is 0.312 e. The Labute approximate surface area is 148 Å². The van der Waals surface area contributed by atoms with Gasteiger partial charge >= 0.3 is 5.97 Å². The topological polar surface area (TPSA) is 66.8 Å². The fourth-order valence-electron chi connectivity index (χ4n) is 4.82. The number of carboxylic acids is 1. The van der Waals surface area contributed by atoms with E-state index in [2.05, 4.69) is 26.0 Å². The molecule has 1 unspecified atom stereocenters. The van der Waals surface area contributed by atoms with E-state index in [-0.39, 0.29) is 23.8 Å². The van der Waals surface area contributed by atoms with E-state index in [9.17, 15) is 14.7 Å². The number of nitrogens with zero attached hydrogens (tertiary/aromatic N) is 1. The van der Waals surface area contributed by atoms with Crippen LogP contribution in [0.1, 0.15) is 44.6 Å². The normalized spacial score (nSPS) is 35.9. The standard InChI is InChI=1S/C20H25NO4/c1-18(2)8-9-21(10-15(18)14-6-4-3-5-7-14)16(22)20-11-19(12-20,13-25-20)17(23)24/h3-7,15H,8-13H2,1-2H3,(H,23,24). The summed E-state index contributed by atoms with van der Waals surface area (Å²) in [5.74, 6) is -0.581. The molecule has 25 heavy (non-hydrogen) atoms. The molecule has 0 aromatic heterocycles. The molecule has 1 aromatic carbocycles. The van der Waals surface area contributed by atoms with Crippen molar-refractivity contribution in [3.8, 4) is 0 Å². The maximum atomic E-state index is 13.1. The lowest BCUT2D eigenvalue weighted by molar-refractivity contribution is -0.166. The zero-order chi connectivity index (χ0) is 17.9. The lowest BCUT2D eigenvalue weighted by Crippen LogP contribution is -2.60.